The molecular weight excluding hydrogens is 416 g/mol. The van der Waals surface area contributed by atoms with Gasteiger partial charge in [-0.25, -0.2) is 4.68 Å². The minimum atomic E-state index is -0.209. The van der Waals surface area contributed by atoms with E-state index >= 15 is 0 Å². The van der Waals surface area contributed by atoms with Crippen LogP contribution in [0, 0.1) is 6.92 Å². The Kier molecular flexibility index (Phi) is 5.64. The molecule has 0 saturated carbocycles. The van der Waals surface area contributed by atoms with Crippen LogP contribution >= 0.6 is 0 Å². The molecule has 0 spiro atoms. The van der Waals surface area contributed by atoms with Crippen molar-refractivity contribution in [3.8, 4) is 11.4 Å². The number of benzene rings is 2. The number of hydrogen-bond acceptors (Lipinski definition) is 6. The van der Waals surface area contributed by atoms with Crippen LogP contribution in [0.1, 0.15) is 29.0 Å². The lowest BCUT2D eigenvalue weighted by atomic mass is 10.0. The van der Waals surface area contributed by atoms with E-state index in [1.54, 1.807) is 18.0 Å². The Bertz CT molecular complexity index is 1300. The monoisotopic (exact) mass is 442 g/mol. The zero-order chi connectivity index (χ0) is 22.8. The third-order valence-electron chi connectivity index (χ3n) is 6.13. The first kappa shape index (κ1) is 20.9. The minimum absolute atomic E-state index is 0.0138. The number of para-hydroxylation sites is 3. The van der Waals surface area contributed by atoms with Gasteiger partial charge in [-0.1, -0.05) is 35.5 Å². The van der Waals surface area contributed by atoms with E-state index in [4.69, 9.17) is 4.74 Å². The first-order chi connectivity index (χ1) is 16.2. The highest BCUT2D eigenvalue weighted by atomic mass is 16.5. The second-order valence-electron chi connectivity index (χ2n) is 8.22. The van der Waals surface area contributed by atoms with E-state index in [9.17, 15) is 4.79 Å². The van der Waals surface area contributed by atoms with Crippen LogP contribution < -0.4 is 15.0 Å². The van der Waals surface area contributed by atoms with Gasteiger partial charge in [0, 0.05) is 30.7 Å². The van der Waals surface area contributed by atoms with Crippen LogP contribution in [-0.2, 0) is 0 Å². The van der Waals surface area contributed by atoms with Crippen molar-refractivity contribution in [2.45, 2.75) is 25.8 Å². The predicted octanol–water partition coefficient (Wildman–Crippen LogP) is 3.53. The maximum absolute atomic E-state index is 13.1. The van der Waals surface area contributed by atoms with Crippen molar-refractivity contribution in [2.24, 2.45) is 0 Å². The second kappa shape index (κ2) is 8.90. The Morgan fingerprint density at radius 1 is 1.09 bits per heavy atom. The molecule has 1 aliphatic rings. The quantitative estimate of drug-likeness (QED) is 0.509. The van der Waals surface area contributed by atoms with Gasteiger partial charge >= 0.3 is 0 Å². The number of amides is 1. The number of rotatable bonds is 5. The molecule has 0 radical (unpaired) electrons. The van der Waals surface area contributed by atoms with Crippen molar-refractivity contribution in [3.05, 3.63) is 72.2 Å². The lowest BCUT2D eigenvalue weighted by Crippen LogP contribution is -2.48. The van der Waals surface area contributed by atoms with Crippen LogP contribution in [0.2, 0.25) is 0 Å². The number of pyridine rings is 1. The fourth-order valence-electron chi connectivity index (χ4n) is 4.49. The minimum Gasteiger partial charge on any atom is -0.495 e. The summed E-state index contributed by atoms with van der Waals surface area (Å²) in [7, 11) is 1.68. The standard InChI is InChI=1S/C25H26N6O2/c1-17-23(28-29-31(17)21-12-5-8-18-9-6-14-26-24(18)21)25(32)27-19-10-7-15-30(16-19)20-11-3-4-13-22(20)33-2/h3-6,8-9,11-14,19H,7,10,15-16H2,1-2H3,(H,27,32). The Labute approximate surface area is 192 Å². The van der Waals surface area contributed by atoms with Crippen molar-refractivity contribution in [1.29, 1.82) is 0 Å². The molecule has 0 bridgehead atoms. The molecular formula is C25H26N6O2. The van der Waals surface area contributed by atoms with Crippen molar-refractivity contribution >= 4 is 22.5 Å². The highest BCUT2D eigenvalue weighted by Gasteiger charge is 2.26. The van der Waals surface area contributed by atoms with Crippen LogP contribution in [0.3, 0.4) is 0 Å². The van der Waals surface area contributed by atoms with Crippen molar-refractivity contribution in [2.75, 3.05) is 25.1 Å². The van der Waals surface area contributed by atoms with E-state index < -0.39 is 0 Å². The molecule has 168 valence electrons. The largest absolute Gasteiger partial charge is 0.495 e. The Balaban J connectivity index is 1.35. The summed E-state index contributed by atoms with van der Waals surface area (Å²) >= 11 is 0. The van der Waals surface area contributed by atoms with Crippen LogP contribution in [-0.4, -0.2) is 52.1 Å². The summed E-state index contributed by atoms with van der Waals surface area (Å²) in [4.78, 5) is 19.9. The summed E-state index contributed by atoms with van der Waals surface area (Å²) < 4.78 is 7.21. The number of anilines is 1. The molecule has 4 aromatic rings. The van der Waals surface area contributed by atoms with Crippen molar-refractivity contribution in [1.82, 2.24) is 25.3 Å². The van der Waals surface area contributed by atoms with E-state index in [2.05, 4.69) is 31.6 Å². The molecule has 0 aliphatic carbocycles. The molecule has 1 fully saturated rings. The number of nitrogens with zero attached hydrogens (tertiary/aromatic N) is 5. The summed E-state index contributed by atoms with van der Waals surface area (Å²) in [6.07, 6.45) is 3.65. The molecule has 1 unspecified atom stereocenters. The van der Waals surface area contributed by atoms with E-state index in [0.717, 1.165) is 47.4 Å². The number of aromatic nitrogens is 4. The number of ether oxygens (including phenoxy) is 1. The van der Waals surface area contributed by atoms with Gasteiger partial charge in [-0.15, -0.1) is 5.10 Å². The first-order valence-electron chi connectivity index (χ1n) is 11.1. The average molecular weight is 443 g/mol. The van der Waals surface area contributed by atoms with Gasteiger partial charge < -0.3 is 15.0 Å². The maximum Gasteiger partial charge on any atom is 0.274 e. The Hall–Kier alpha value is -3.94. The van der Waals surface area contributed by atoms with Gasteiger partial charge in [0.25, 0.3) is 5.91 Å². The van der Waals surface area contributed by atoms with Gasteiger partial charge in [0.05, 0.1) is 29.7 Å². The van der Waals surface area contributed by atoms with E-state index in [0.29, 0.717) is 17.9 Å². The van der Waals surface area contributed by atoms with Crippen LogP contribution in [0.15, 0.2) is 60.8 Å². The molecule has 1 aliphatic heterocycles. The number of nitrogens with one attached hydrogen (secondary N) is 1. The van der Waals surface area contributed by atoms with Gasteiger partial charge in [0.2, 0.25) is 0 Å². The molecule has 1 N–H and O–H groups in total. The summed E-state index contributed by atoms with van der Waals surface area (Å²) in [6, 6.07) is 17.8. The van der Waals surface area contributed by atoms with Gasteiger partial charge in [-0.2, -0.15) is 0 Å². The normalized spacial score (nSPS) is 16.1. The SMILES string of the molecule is COc1ccccc1N1CCCC(NC(=O)c2nnn(-c3cccc4cccnc34)c2C)C1. The third kappa shape index (κ3) is 4.00. The second-order valence-corrected chi connectivity index (χ2v) is 8.22. The van der Waals surface area contributed by atoms with Crippen LogP contribution in [0.5, 0.6) is 5.75 Å². The summed E-state index contributed by atoms with van der Waals surface area (Å²) in [5.41, 5.74) is 3.68. The number of piperidine rings is 1. The van der Waals surface area contributed by atoms with Gasteiger partial charge in [-0.05, 0) is 44.0 Å². The maximum atomic E-state index is 13.1. The lowest BCUT2D eigenvalue weighted by molar-refractivity contribution is 0.0927. The fourth-order valence-corrected chi connectivity index (χ4v) is 4.49. The molecule has 5 rings (SSSR count). The molecule has 33 heavy (non-hydrogen) atoms. The smallest absolute Gasteiger partial charge is 0.274 e. The molecule has 1 amide bonds. The predicted molar refractivity (Wildman–Crippen MR) is 127 cm³/mol. The molecule has 1 saturated heterocycles. The van der Waals surface area contributed by atoms with Gasteiger partial charge in [-0.3, -0.25) is 9.78 Å². The van der Waals surface area contributed by atoms with Gasteiger partial charge in [0.15, 0.2) is 5.69 Å². The molecule has 1 atom stereocenters. The molecule has 2 aromatic heterocycles. The van der Waals surface area contributed by atoms with Crippen molar-refractivity contribution in [3.63, 3.8) is 0 Å². The Morgan fingerprint density at radius 3 is 2.79 bits per heavy atom. The van der Waals surface area contributed by atoms with E-state index in [1.165, 1.54) is 0 Å². The highest BCUT2D eigenvalue weighted by molar-refractivity contribution is 5.94. The number of hydrogen-bond donors (Lipinski definition) is 1. The molecule has 2 aromatic carbocycles. The average Bonchev–Trinajstić information content (AvgIpc) is 3.25. The van der Waals surface area contributed by atoms with Crippen LogP contribution in [0.25, 0.3) is 16.6 Å². The number of carbonyl (C=O) groups excluding carboxylic acids is 1. The topological polar surface area (TPSA) is 85.2 Å². The zero-order valence-electron chi connectivity index (χ0n) is 18.7. The highest BCUT2D eigenvalue weighted by Crippen LogP contribution is 2.30. The molecule has 8 heteroatoms. The Morgan fingerprint density at radius 2 is 1.91 bits per heavy atom. The number of methoxy groups -OCH3 is 1. The van der Waals surface area contributed by atoms with Crippen molar-refractivity contribution < 1.29 is 9.53 Å². The molecule has 3 heterocycles. The van der Waals surface area contributed by atoms with Gasteiger partial charge in [0.1, 0.15) is 5.75 Å². The van der Waals surface area contributed by atoms with E-state index in [1.807, 2.05) is 55.5 Å². The molecule has 8 nitrogen and oxygen atoms in total. The van der Waals surface area contributed by atoms with Crippen LogP contribution in [0.4, 0.5) is 5.69 Å². The fraction of sp³-hybridized carbons (Fsp3) is 0.280. The van der Waals surface area contributed by atoms with E-state index in [-0.39, 0.29) is 11.9 Å². The first-order valence-corrected chi connectivity index (χ1v) is 11.1. The lowest BCUT2D eigenvalue weighted by Gasteiger charge is -2.35. The number of fused-ring (bicyclic) bond motifs is 1. The third-order valence-corrected chi connectivity index (χ3v) is 6.13. The number of carbonyl (C=O) groups is 1. The summed E-state index contributed by atoms with van der Waals surface area (Å²) in [5, 5.41) is 12.7. The summed E-state index contributed by atoms with van der Waals surface area (Å²) in [5.74, 6) is 0.630. The summed E-state index contributed by atoms with van der Waals surface area (Å²) in [6.45, 7) is 3.50. The zero-order valence-corrected chi connectivity index (χ0v) is 18.7.